The Kier molecular flexibility index (Phi) is 6.37. The van der Waals surface area contributed by atoms with Crippen molar-refractivity contribution >= 4 is 16.8 Å². The maximum Gasteiger partial charge on any atom is 0.164 e. The molecule has 4 heteroatoms. The summed E-state index contributed by atoms with van der Waals surface area (Å²) in [7, 11) is 0. The lowest BCUT2D eigenvalue weighted by atomic mass is 9.87. The van der Waals surface area contributed by atoms with E-state index in [1.807, 2.05) is 55.5 Å². The maximum absolute atomic E-state index is 4.89. The molecule has 1 aliphatic carbocycles. The minimum atomic E-state index is 0.251. The predicted molar refractivity (Wildman–Crippen MR) is 157 cm³/mol. The average molecular weight is 493 g/mol. The number of hydrogen-bond donors (Lipinski definition) is 1. The first-order chi connectivity index (χ1) is 18.7. The van der Waals surface area contributed by atoms with Crippen LogP contribution in [0.4, 0.5) is 5.69 Å². The van der Waals surface area contributed by atoms with Gasteiger partial charge in [0.15, 0.2) is 17.5 Å². The Morgan fingerprint density at radius 2 is 1.55 bits per heavy atom. The molecule has 2 heterocycles. The Morgan fingerprint density at radius 3 is 2.39 bits per heavy atom. The van der Waals surface area contributed by atoms with Gasteiger partial charge in [0, 0.05) is 22.7 Å². The normalized spacial score (nSPS) is 18.0. The van der Waals surface area contributed by atoms with E-state index < -0.39 is 0 Å². The number of fused-ring (bicyclic) bond motifs is 3. The fraction of sp³-hybridized carbons (Fsp3) is 0.0882. The van der Waals surface area contributed by atoms with E-state index in [1.165, 1.54) is 16.8 Å². The highest BCUT2D eigenvalue weighted by Gasteiger charge is 2.30. The Morgan fingerprint density at radius 1 is 0.816 bits per heavy atom. The minimum Gasteiger partial charge on any atom is -0.378 e. The molecule has 2 aliphatic rings. The van der Waals surface area contributed by atoms with Crippen molar-refractivity contribution in [2.24, 2.45) is 0 Å². The van der Waals surface area contributed by atoms with E-state index in [-0.39, 0.29) is 6.04 Å². The van der Waals surface area contributed by atoms with Gasteiger partial charge in [-0.05, 0) is 41.3 Å². The molecule has 0 amide bonds. The molecular formula is C34H28N4. The molecule has 0 radical (unpaired) electrons. The number of nitrogens with zero attached hydrogens (tertiary/aromatic N) is 3. The number of anilines is 1. The van der Waals surface area contributed by atoms with Gasteiger partial charge in [0.25, 0.3) is 0 Å². The van der Waals surface area contributed by atoms with E-state index in [0.717, 1.165) is 22.3 Å². The molecule has 184 valence electrons. The van der Waals surface area contributed by atoms with Crippen LogP contribution in [0.25, 0.3) is 33.9 Å². The lowest BCUT2D eigenvalue weighted by Gasteiger charge is -2.20. The van der Waals surface area contributed by atoms with Crippen molar-refractivity contribution in [2.45, 2.75) is 18.9 Å². The van der Waals surface area contributed by atoms with Crippen LogP contribution in [0.1, 0.15) is 29.8 Å². The van der Waals surface area contributed by atoms with Crippen LogP contribution in [0.3, 0.4) is 0 Å². The largest absolute Gasteiger partial charge is 0.378 e. The summed E-state index contributed by atoms with van der Waals surface area (Å²) in [5.41, 5.74) is 7.77. The summed E-state index contributed by atoms with van der Waals surface area (Å²) >= 11 is 0. The van der Waals surface area contributed by atoms with Gasteiger partial charge in [0.2, 0.25) is 0 Å². The van der Waals surface area contributed by atoms with Gasteiger partial charge in [-0.2, -0.15) is 0 Å². The summed E-state index contributed by atoms with van der Waals surface area (Å²) < 4.78 is 0. The molecule has 38 heavy (non-hydrogen) atoms. The van der Waals surface area contributed by atoms with Crippen LogP contribution in [0, 0.1) is 0 Å². The van der Waals surface area contributed by atoms with Crippen molar-refractivity contribution in [1.29, 1.82) is 0 Å². The molecule has 1 N–H and O–H groups in total. The van der Waals surface area contributed by atoms with E-state index in [2.05, 4.69) is 78.7 Å². The van der Waals surface area contributed by atoms with E-state index in [1.54, 1.807) is 6.08 Å². The first kappa shape index (κ1) is 23.6. The molecule has 0 spiro atoms. The lowest BCUT2D eigenvalue weighted by Crippen LogP contribution is -2.19. The molecule has 0 saturated heterocycles. The second-order valence-corrected chi connectivity index (χ2v) is 9.49. The van der Waals surface area contributed by atoms with E-state index >= 15 is 0 Å². The molecule has 4 aromatic rings. The molecule has 1 aromatic heterocycles. The van der Waals surface area contributed by atoms with Crippen LogP contribution < -0.4 is 5.32 Å². The van der Waals surface area contributed by atoms with Crippen LogP contribution >= 0.6 is 0 Å². The zero-order chi connectivity index (χ0) is 25.9. The van der Waals surface area contributed by atoms with Crippen molar-refractivity contribution in [3.63, 3.8) is 0 Å². The fourth-order valence-electron chi connectivity index (χ4n) is 4.99. The zero-order valence-electron chi connectivity index (χ0n) is 21.3. The van der Waals surface area contributed by atoms with Crippen molar-refractivity contribution in [2.75, 3.05) is 5.32 Å². The second kappa shape index (κ2) is 10.3. The molecular weight excluding hydrogens is 464 g/mol. The summed E-state index contributed by atoms with van der Waals surface area (Å²) in [6.07, 6.45) is 14.4. The SMILES string of the molecule is C=C/C=C\C=C(/C)c1nc(-c2ccccc2)nc(-c2cccc(C3=CC4Nc5ccccc5C4C=C3)c2)n1. The highest BCUT2D eigenvalue weighted by molar-refractivity contribution is 5.81. The first-order valence-electron chi connectivity index (χ1n) is 12.8. The molecule has 0 bridgehead atoms. The molecule has 0 saturated carbocycles. The highest BCUT2D eigenvalue weighted by Crippen LogP contribution is 2.41. The quantitative estimate of drug-likeness (QED) is 0.278. The van der Waals surface area contributed by atoms with Crippen molar-refractivity contribution in [3.8, 4) is 22.8 Å². The topological polar surface area (TPSA) is 50.7 Å². The Balaban J connectivity index is 1.38. The number of rotatable bonds is 6. The molecule has 1 aliphatic heterocycles. The van der Waals surface area contributed by atoms with E-state index in [0.29, 0.717) is 23.4 Å². The first-order valence-corrected chi connectivity index (χ1v) is 12.8. The smallest absolute Gasteiger partial charge is 0.164 e. The molecule has 3 aromatic carbocycles. The van der Waals surface area contributed by atoms with Gasteiger partial charge >= 0.3 is 0 Å². The number of nitrogens with one attached hydrogen (secondary N) is 1. The summed E-state index contributed by atoms with van der Waals surface area (Å²) in [5.74, 6) is 2.33. The third kappa shape index (κ3) is 4.64. The van der Waals surface area contributed by atoms with Crippen molar-refractivity contribution < 1.29 is 0 Å². The Bertz CT molecular complexity index is 1630. The fourth-order valence-corrected chi connectivity index (χ4v) is 4.99. The van der Waals surface area contributed by atoms with Gasteiger partial charge in [0.05, 0.1) is 6.04 Å². The van der Waals surface area contributed by atoms with E-state index in [4.69, 9.17) is 15.0 Å². The standard InChI is InChI=1S/C34H28N4/c1-3-4-6-12-23(2)32-36-33(24-13-7-5-8-14-24)38-34(37-32)27-16-11-15-25(21-27)26-19-20-29-28-17-9-10-18-30(28)35-31(29)22-26/h3-22,29,31,35H,1H2,2H3/b6-4-,23-12+. The third-order valence-corrected chi connectivity index (χ3v) is 6.94. The van der Waals surface area contributed by atoms with Crippen LogP contribution in [0.2, 0.25) is 0 Å². The zero-order valence-corrected chi connectivity index (χ0v) is 21.3. The van der Waals surface area contributed by atoms with Crippen LogP contribution in [0.5, 0.6) is 0 Å². The maximum atomic E-state index is 4.89. The van der Waals surface area contributed by atoms with Crippen LogP contribution in [0.15, 0.2) is 128 Å². The van der Waals surface area contributed by atoms with Crippen molar-refractivity contribution in [1.82, 2.24) is 15.0 Å². The Labute approximate surface area is 223 Å². The number of allylic oxidation sites excluding steroid dienone is 7. The van der Waals surface area contributed by atoms with Crippen molar-refractivity contribution in [3.05, 3.63) is 145 Å². The average Bonchev–Trinajstić information content (AvgIpc) is 3.35. The van der Waals surface area contributed by atoms with Crippen LogP contribution in [-0.4, -0.2) is 21.0 Å². The van der Waals surface area contributed by atoms with Gasteiger partial charge in [-0.15, -0.1) is 0 Å². The lowest BCUT2D eigenvalue weighted by molar-refractivity contribution is 0.808. The highest BCUT2D eigenvalue weighted by atomic mass is 15.0. The van der Waals surface area contributed by atoms with Gasteiger partial charge in [-0.3, -0.25) is 0 Å². The number of para-hydroxylation sites is 1. The molecule has 4 nitrogen and oxygen atoms in total. The predicted octanol–water partition coefficient (Wildman–Crippen LogP) is 7.88. The van der Waals surface area contributed by atoms with Gasteiger partial charge in [-0.1, -0.05) is 116 Å². The Hall–Kier alpha value is -4.83. The monoisotopic (exact) mass is 492 g/mol. The minimum absolute atomic E-state index is 0.251. The molecule has 2 unspecified atom stereocenters. The van der Waals surface area contributed by atoms with E-state index in [9.17, 15) is 0 Å². The van der Waals surface area contributed by atoms with Gasteiger partial charge in [-0.25, -0.2) is 15.0 Å². The molecule has 2 atom stereocenters. The summed E-state index contributed by atoms with van der Waals surface area (Å²) in [6, 6.07) is 27.3. The summed E-state index contributed by atoms with van der Waals surface area (Å²) in [4.78, 5) is 14.6. The number of hydrogen-bond acceptors (Lipinski definition) is 4. The number of benzene rings is 3. The molecule has 6 rings (SSSR count). The van der Waals surface area contributed by atoms with Gasteiger partial charge < -0.3 is 5.32 Å². The van der Waals surface area contributed by atoms with Crippen LogP contribution in [-0.2, 0) is 0 Å². The molecule has 0 fully saturated rings. The third-order valence-electron chi connectivity index (χ3n) is 6.94. The second-order valence-electron chi connectivity index (χ2n) is 9.49. The van der Waals surface area contributed by atoms with Gasteiger partial charge in [0.1, 0.15) is 0 Å². The number of aromatic nitrogens is 3. The summed E-state index contributed by atoms with van der Waals surface area (Å²) in [5, 5.41) is 3.67. The summed E-state index contributed by atoms with van der Waals surface area (Å²) in [6.45, 7) is 5.75.